The number of piperazine rings is 1. The zero-order valence-corrected chi connectivity index (χ0v) is 22.2. The van der Waals surface area contributed by atoms with E-state index in [-0.39, 0.29) is 30.8 Å². The van der Waals surface area contributed by atoms with E-state index in [2.05, 4.69) is 22.1 Å². The van der Waals surface area contributed by atoms with E-state index in [0.717, 1.165) is 5.56 Å². The highest BCUT2D eigenvalue weighted by molar-refractivity contribution is 6.30. The molecule has 1 saturated heterocycles. The Hall–Kier alpha value is -3.04. The number of halogens is 1. The van der Waals surface area contributed by atoms with E-state index in [0.29, 0.717) is 49.0 Å². The molecule has 0 bridgehead atoms. The van der Waals surface area contributed by atoms with Gasteiger partial charge in [-0.05, 0) is 45.4 Å². The van der Waals surface area contributed by atoms with Gasteiger partial charge in [-0.25, -0.2) is 14.4 Å². The first-order valence-electron chi connectivity index (χ1n) is 12.2. The fourth-order valence-electron chi connectivity index (χ4n) is 4.27. The number of nitrogens with zero attached hydrogens (tertiary/aromatic N) is 3. The Morgan fingerprint density at radius 2 is 1.83 bits per heavy atom. The van der Waals surface area contributed by atoms with Crippen molar-refractivity contribution < 1.29 is 19.1 Å². The monoisotopic (exact) mass is 517 g/mol. The molecule has 1 aromatic carbocycles. The van der Waals surface area contributed by atoms with Gasteiger partial charge in [-0.2, -0.15) is 0 Å². The van der Waals surface area contributed by atoms with E-state index in [1.54, 1.807) is 42.2 Å². The van der Waals surface area contributed by atoms with Crippen molar-refractivity contribution in [2.75, 3.05) is 45.9 Å². The minimum atomic E-state index is -0.677. The van der Waals surface area contributed by atoms with Crippen LogP contribution in [0.5, 0.6) is 0 Å². The fourth-order valence-corrected chi connectivity index (χ4v) is 4.40. The molecule has 10 heteroatoms. The molecule has 0 radical (unpaired) electrons. The SMILES string of the molecule is C=CCN1C(=O)N[C@@H](c2ccc(Cl)cc2)C(C(=O)OCC)=C1CN1CCN(C(=O)NC(C)(C)C)CC1. The van der Waals surface area contributed by atoms with Crippen LogP contribution in [0.15, 0.2) is 48.2 Å². The molecule has 4 amide bonds. The summed E-state index contributed by atoms with van der Waals surface area (Å²) in [6, 6.07) is 5.94. The number of esters is 1. The molecule has 1 fully saturated rings. The number of amides is 4. The molecule has 0 spiro atoms. The van der Waals surface area contributed by atoms with Crippen molar-refractivity contribution in [3.05, 3.63) is 58.8 Å². The molecule has 36 heavy (non-hydrogen) atoms. The van der Waals surface area contributed by atoms with E-state index in [1.165, 1.54) is 4.90 Å². The molecule has 1 atom stereocenters. The number of hydrogen-bond acceptors (Lipinski definition) is 5. The number of hydrogen-bond donors (Lipinski definition) is 2. The summed E-state index contributed by atoms with van der Waals surface area (Å²) in [5, 5.41) is 6.50. The first kappa shape index (κ1) is 27.5. The van der Waals surface area contributed by atoms with Gasteiger partial charge in [0.05, 0.1) is 18.2 Å². The summed E-state index contributed by atoms with van der Waals surface area (Å²) >= 11 is 6.07. The second-order valence-electron chi connectivity index (χ2n) is 9.86. The molecular weight excluding hydrogens is 482 g/mol. The van der Waals surface area contributed by atoms with Crippen LogP contribution in [0.3, 0.4) is 0 Å². The second kappa shape index (κ2) is 11.8. The molecule has 2 aliphatic rings. The molecule has 0 saturated carbocycles. The number of ether oxygens (including phenoxy) is 1. The summed E-state index contributed by atoms with van der Waals surface area (Å²) in [6.07, 6.45) is 1.62. The number of nitrogens with one attached hydrogen (secondary N) is 2. The molecule has 1 aromatic rings. The fraction of sp³-hybridized carbons (Fsp3) is 0.500. The van der Waals surface area contributed by atoms with Crippen molar-refractivity contribution in [2.45, 2.75) is 39.3 Å². The van der Waals surface area contributed by atoms with Gasteiger partial charge >= 0.3 is 18.0 Å². The van der Waals surface area contributed by atoms with Gasteiger partial charge in [-0.3, -0.25) is 9.80 Å². The minimum Gasteiger partial charge on any atom is -0.463 e. The number of carbonyl (C=O) groups excluding carboxylic acids is 3. The van der Waals surface area contributed by atoms with Crippen LogP contribution in [0.1, 0.15) is 39.3 Å². The zero-order chi connectivity index (χ0) is 26.5. The quantitative estimate of drug-likeness (QED) is 0.426. The Kier molecular flexibility index (Phi) is 9.03. The van der Waals surface area contributed by atoms with Crippen molar-refractivity contribution in [1.82, 2.24) is 25.3 Å². The average molecular weight is 518 g/mol. The number of benzene rings is 1. The van der Waals surface area contributed by atoms with Crippen molar-refractivity contribution in [2.24, 2.45) is 0 Å². The van der Waals surface area contributed by atoms with E-state index in [1.807, 2.05) is 20.8 Å². The first-order chi connectivity index (χ1) is 17.0. The molecular formula is C26H36ClN5O4. The van der Waals surface area contributed by atoms with Crippen LogP contribution in [0.25, 0.3) is 0 Å². The van der Waals surface area contributed by atoms with Crippen molar-refractivity contribution in [1.29, 1.82) is 0 Å². The van der Waals surface area contributed by atoms with Crippen molar-refractivity contribution in [3.8, 4) is 0 Å². The summed E-state index contributed by atoms with van der Waals surface area (Å²) in [7, 11) is 0. The predicted octanol–water partition coefficient (Wildman–Crippen LogP) is 3.54. The lowest BCUT2D eigenvalue weighted by molar-refractivity contribution is -0.139. The van der Waals surface area contributed by atoms with Crippen LogP contribution in [0, 0.1) is 0 Å². The number of urea groups is 2. The standard InChI is InChI=1S/C26H36ClN5O4/c1-6-12-32-20(17-30-13-15-31(16-14-30)25(35)29-26(3,4)5)21(23(33)36-7-2)22(28-24(32)34)18-8-10-19(27)11-9-18/h6,8-11,22H,1,7,12-17H2,2-5H3,(H,28,34)(H,29,35)/t22-/m0/s1. The maximum absolute atomic E-state index is 13.2. The molecule has 0 aromatic heterocycles. The van der Waals surface area contributed by atoms with Gasteiger partial charge in [0.15, 0.2) is 0 Å². The highest BCUT2D eigenvalue weighted by Crippen LogP contribution is 2.33. The van der Waals surface area contributed by atoms with Crippen LogP contribution < -0.4 is 10.6 Å². The maximum atomic E-state index is 13.2. The van der Waals surface area contributed by atoms with Crippen LogP contribution in [-0.2, 0) is 9.53 Å². The van der Waals surface area contributed by atoms with E-state index < -0.39 is 12.0 Å². The van der Waals surface area contributed by atoms with Gasteiger partial charge < -0.3 is 20.3 Å². The Bertz CT molecular complexity index is 1010. The smallest absolute Gasteiger partial charge is 0.338 e. The average Bonchev–Trinajstić information content (AvgIpc) is 2.81. The summed E-state index contributed by atoms with van der Waals surface area (Å²) in [5.41, 5.74) is 1.37. The molecule has 2 aliphatic heterocycles. The molecule has 196 valence electrons. The van der Waals surface area contributed by atoms with Crippen LogP contribution >= 0.6 is 11.6 Å². The Morgan fingerprint density at radius 3 is 2.39 bits per heavy atom. The van der Waals surface area contributed by atoms with Gasteiger partial charge in [0.2, 0.25) is 0 Å². The van der Waals surface area contributed by atoms with Crippen LogP contribution in [-0.4, -0.2) is 84.1 Å². The largest absolute Gasteiger partial charge is 0.463 e. The van der Waals surface area contributed by atoms with Crippen LogP contribution in [0.4, 0.5) is 9.59 Å². The van der Waals surface area contributed by atoms with Crippen molar-refractivity contribution >= 4 is 29.6 Å². The Morgan fingerprint density at radius 1 is 1.19 bits per heavy atom. The van der Waals surface area contributed by atoms with Gasteiger partial charge in [0.25, 0.3) is 0 Å². The van der Waals surface area contributed by atoms with Gasteiger partial charge in [0, 0.05) is 55.5 Å². The summed E-state index contributed by atoms with van der Waals surface area (Å²) in [4.78, 5) is 44.4. The van der Waals surface area contributed by atoms with E-state index >= 15 is 0 Å². The summed E-state index contributed by atoms with van der Waals surface area (Å²) in [6.45, 7) is 14.5. The molecule has 2 N–H and O–H groups in total. The van der Waals surface area contributed by atoms with Gasteiger partial charge in [0.1, 0.15) is 0 Å². The lowest BCUT2D eigenvalue weighted by Crippen LogP contribution is -2.56. The maximum Gasteiger partial charge on any atom is 0.338 e. The topological polar surface area (TPSA) is 94.2 Å². The number of rotatable bonds is 7. The molecule has 0 unspecified atom stereocenters. The Labute approximate surface area is 218 Å². The van der Waals surface area contributed by atoms with Crippen LogP contribution in [0.2, 0.25) is 5.02 Å². The molecule has 3 rings (SSSR count). The summed E-state index contributed by atoms with van der Waals surface area (Å²) < 4.78 is 5.43. The highest BCUT2D eigenvalue weighted by Gasteiger charge is 2.39. The van der Waals surface area contributed by atoms with E-state index in [4.69, 9.17) is 16.3 Å². The van der Waals surface area contributed by atoms with Crippen molar-refractivity contribution in [3.63, 3.8) is 0 Å². The molecule has 9 nitrogen and oxygen atoms in total. The van der Waals surface area contributed by atoms with Gasteiger partial charge in [-0.15, -0.1) is 6.58 Å². The third-order valence-electron chi connectivity index (χ3n) is 5.96. The second-order valence-corrected chi connectivity index (χ2v) is 10.3. The minimum absolute atomic E-state index is 0.0956. The normalized spacial score (nSPS) is 19.1. The molecule has 2 heterocycles. The lowest BCUT2D eigenvalue weighted by atomic mass is 9.94. The van der Waals surface area contributed by atoms with E-state index in [9.17, 15) is 14.4 Å². The zero-order valence-electron chi connectivity index (χ0n) is 21.5. The predicted molar refractivity (Wildman–Crippen MR) is 140 cm³/mol. The Balaban J connectivity index is 1.91. The lowest BCUT2D eigenvalue weighted by Gasteiger charge is -2.40. The third kappa shape index (κ3) is 6.79. The highest BCUT2D eigenvalue weighted by atomic mass is 35.5. The van der Waals surface area contributed by atoms with Gasteiger partial charge in [-0.1, -0.05) is 29.8 Å². The molecule has 0 aliphatic carbocycles. The number of carbonyl (C=O) groups is 3. The summed E-state index contributed by atoms with van der Waals surface area (Å²) in [5.74, 6) is -0.482. The first-order valence-corrected chi connectivity index (χ1v) is 12.6. The third-order valence-corrected chi connectivity index (χ3v) is 6.22.